The van der Waals surface area contributed by atoms with Gasteiger partial charge in [0.05, 0.1) is 16.3 Å². The molecule has 6 heteroatoms. The Bertz CT molecular complexity index is 860. The van der Waals surface area contributed by atoms with Gasteiger partial charge in [0.15, 0.2) is 5.13 Å². The molecule has 3 rings (SSSR count). The number of aromatic nitrogens is 2. The summed E-state index contributed by atoms with van der Waals surface area (Å²) in [6, 6.07) is 6.34. The van der Waals surface area contributed by atoms with Gasteiger partial charge >= 0.3 is 0 Å². The van der Waals surface area contributed by atoms with Gasteiger partial charge in [0.1, 0.15) is 0 Å². The highest BCUT2D eigenvalue weighted by molar-refractivity contribution is 7.99. The molecule has 0 bridgehead atoms. The van der Waals surface area contributed by atoms with E-state index in [1.165, 1.54) is 39.6 Å². The summed E-state index contributed by atoms with van der Waals surface area (Å²) >= 11 is 2.86. The van der Waals surface area contributed by atoms with E-state index in [0.29, 0.717) is 10.9 Å². The lowest BCUT2D eigenvalue weighted by molar-refractivity contribution is -0.113. The van der Waals surface area contributed by atoms with Gasteiger partial charge in [0.25, 0.3) is 0 Å². The van der Waals surface area contributed by atoms with E-state index >= 15 is 0 Å². The quantitative estimate of drug-likeness (QED) is 0.716. The topological polar surface area (TPSA) is 54.9 Å². The molecule has 0 fully saturated rings. The number of thiazole rings is 1. The normalized spacial score (nSPS) is 10.9. The number of nitrogens with zero attached hydrogens (tertiary/aromatic N) is 2. The van der Waals surface area contributed by atoms with Gasteiger partial charge in [-0.2, -0.15) is 0 Å². The monoisotopic (exact) mass is 343 g/mol. The van der Waals surface area contributed by atoms with Crippen LogP contribution in [0.15, 0.2) is 34.8 Å². The van der Waals surface area contributed by atoms with Gasteiger partial charge in [-0.3, -0.25) is 4.79 Å². The number of amides is 1. The predicted octanol–water partition coefficient (Wildman–Crippen LogP) is 4.35. The van der Waals surface area contributed by atoms with E-state index in [0.717, 1.165) is 16.1 Å². The summed E-state index contributed by atoms with van der Waals surface area (Å²) in [5, 5.41) is 7.30. The van der Waals surface area contributed by atoms with Crippen molar-refractivity contribution in [1.82, 2.24) is 9.97 Å². The van der Waals surface area contributed by atoms with Crippen LogP contribution in [0.4, 0.5) is 5.13 Å². The molecule has 2 heterocycles. The number of benzene rings is 1. The van der Waals surface area contributed by atoms with E-state index in [1.54, 1.807) is 6.20 Å². The number of hydrogen-bond acceptors (Lipinski definition) is 5. The Morgan fingerprint density at radius 2 is 2.04 bits per heavy atom. The number of fused-ring (bicyclic) bond motifs is 1. The van der Waals surface area contributed by atoms with E-state index in [2.05, 4.69) is 43.2 Å². The molecule has 0 saturated heterocycles. The molecule has 0 unspecified atom stereocenters. The number of carbonyl (C=O) groups excluding carboxylic acids is 1. The zero-order chi connectivity index (χ0) is 16.4. The molecule has 0 saturated carbocycles. The largest absolute Gasteiger partial charge is 0.301 e. The summed E-state index contributed by atoms with van der Waals surface area (Å²) in [6.07, 6.45) is 1.67. The van der Waals surface area contributed by atoms with E-state index in [-0.39, 0.29) is 5.91 Å². The van der Waals surface area contributed by atoms with Crippen LogP contribution < -0.4 is 5.32 Å². The molecule has 0 radical (unpaired) electrons. The third-order valence-corrected chi connectivity index (χ3v) is 5.06. The zero-order valence-electron chi connectivity index (χ0n) is 13.2. The fourth-order valence-corrected chi connectivity index (χ4v) is 3.78. The minimum absolute atomic E-state index is 0.0647. The van der Waals surface area contributed by atoms with Crippen LogP contribution in [0.1, 0.15) is 16.7 Å². The van der Waals surface area contributed by atoms with Crippen LogP contribution in [0, 0.1) is 20.8 Å². The predicted molar refractivity (Wildman–Crippen MR) is 97.4 cm³/mol. The molecule has 1 N–H and O–H groups in total. The molecule has 2 aromatic heterocycles. The van der Waals surface area contributed by atoms with Gasteiger partial charge in [-0.25, -0.2) is 9.97 Å². The molecule has 0 aliphatic heterocycles. The number of carbonyl (C=O) groups is 1. The summed E-state index contributed by atoms with van der Waals surface area (Å²) in [5.74, 6) is 0.257. The van der Waals surface area contributed by atoms with Crippen LogP contribution in [-0.2, 0) is 4.79 Å². The molecule has 0 aliphatic rings. The highest BCUT2D eigenvalue weighted by Gasteiger charge is 2.09. The third-order valence-electron chi connectivity index (χ3n) is 3.46. The zero-order valence-corrected chi connectivity index (χ0v) is 14.8. The van der Waals surface area contributed by atoms with Crippen molar-refractivity contribution in [3.8, 4) is 0 Å². The van der Waals surface area contributed by atoms with Crippen LogP contribution in [0.5, 0.6) is 0 Å². The van der Waals surface area contributed by atoms with E-state index in [4.69, 9.17) is 4.98 Å². The Morgan fingerprint density at radius 1 is 1.22 bits per heavy atom. The summed E-state index contributed by atoms with van der Waals surface area (Å²) in [7, 11) is 0. The third kappa shape index (κ3) is 3.71. The van der Waals surface area contributed by atoms with Gasteiger partial charge in [-0.15, -0.1) is 11.3 Å². The minimum Gasteiger partial charge on any atom is -0.301 e. The van der Waals surface area contributed by atoms with Crippen molar-refractivity contribution in [3.05, 3.63) is 46.5 Å². The van der Waals surface area contributed by atoms with Crippen LogP contribution in [0.3, 0.4) is 0 Å². The van der Waals surface area contributed by atoms with Crippen molar-refractivity contribution in [3.63, 3.8) is 0 Å². The molecule has 0 atom stereocenters. The Labute approximate surface area is 143 Å². The average molecular weight is 343 g/mol. The molecule has 3 aromatic rings. The molecule has 1 amide bonds. The van der Waals surface area contributed by atoms with Crippen LogP contribution in [0.25, 0.3) is 10.9 Å². The van der Waals surface area contributed by atoms with Gasteiger partial charge in [0.2, 0.25) is 5.91 Å². The van der Waals surface area contributed by atoms with Crippen molar-refractivity contribution in [2.45, 2.75) is 25.8 Å². The molecule has 4 nitrogen and oxygen atoms in total. The van der Waals surface area contributed by atoms with Crippen molar-refractivity contribution in [2.75, 3.05) is 11.1 Å². The number of pyridine rings is 1. The maximum Gasteiger partial charge on any atom is 0.236 e. The number of anilines is 1. The number of aryl methyl sites for hydroxylation is 3. The maximum atomic E-state index is 12.0. The second-order valence-corrected chi connectivity index (χ2v) is 7.32. The first kappa shape index (κ1) is 16.0. The standard InChI is InChI=1S/C17H17N3OS2/c1-10-6-12(3)16-13(7-10)11(2)8-15(20-16)23-9-14(21)19-17-18-4-5-22-17/h4-8H,9H2,1-3H3,(H,18,19,21). The Hall–Kier alpha value is -1.92. The first-order chi connectivity index (χ1) is 11.0. The molecule has 1 aromatic carbocycles. The van der Waals surface area contributed by atoms with Crippen molar-refractivity contribution < 1.29 is 4.79 Å². The van der Waals surface area contributed by atoms with E-state index in [9.17, 15) is 4.79 Å². The number of nitrogens with one attached hydrogen (secondary N) is 1. The maximum absolute atomic E-state index is 12.0. The minimum atomic E-state index is -0.0647. The first-order valence-electron chi connectivity index (χ1n) is 7.23. The van der Waals surface area contributed by atoms with E-state index < -0.39 is 0 Å². The van der Waals surface area contributed by atoms with Gasteiger partial charge in [0, 0.05) is 17.0 Å². The Kier molecular flexibility index (Phi) is 4.63. The summed E-state index contributed by atoms with van der Waals surface area (Å²) < 4.78 is 0. The average Bonchev–Trinajstić information content (AvgIpc) is 2.99. The highest BCUT2D eigenvalue weighted by Crippen LogP contribution is 2.27. The summed E-state index contributed by atoms with van der Waals surface area (Å²) in [6.45, 7) is 6.26. The summed E-state index contributed by atoms with van der Waals surface area (Å²) in [5.41, 5.74) is 4.60. The molecule has 23 heavy (non-hydrogen) atoms. The van der Waals surface area contributed by atoms with Gasteiger partial charge in [-0.05, 0) is 44.0 Å². The smallest absolute Gasteiger partial charge is 0.236 e. The molecule has 118 valence electrons. The molecular weight excluding hydrogens is 326 g/mol. The SMILES string of the molecule is Cc1cc(C)c2nc(SCC(=O)Nc3nccs3)cc(C)c2c1. The number of hydrogen-bond donors (Lipinski definition) is 1. The fourth-order valence-electron chi connectivity index (χ4n) is 2.47. The van der Waals surface area contributed by atoms with Crippen LogP contribution >= 0.6 is 23.1 Å². The lowest BCUT2D eigenvalue weighted by atomic mass is 10.0. The Balaban J connectivity index is 1.77. The first-order valence-corrected chi connectivity index (χ1v) is 9.10. The second-order valence-electron chi connectivity index (χ2n) is 5.43. The van der Waals surface area contributed by atoms with Crippen molar-refractivity contribution in [1.29, 1.82) is 0 Å². The highest BCUT2D eigenvalue weighted by atomic mass is 32.2. The van der Waals surface area contributed by atoms with Crippen LogP contribution in [-0.4, -0.2) is 21.6 Å². The second kappa shape index (κ2) is 6.68. The lowest BCUT2D eigenvalue weighted by Crippen LogP contribution is -2.13. The van der Waals surface area contributed by atoms with Crippen molar-refractivity contribution in [2.24, 2.45) is 0 Å². The van der Waals surface area contributed by atoms with Gasteiger partial charge < -0.3 is 5.32 Å². The van der Waals surface area contributed by atoms with Gasteiger partial charge in [-0.1, -0.05) is 23.4 Å². The number of thioether (sulfide) groups is 1. The summed E-state index contributed by atoms with van der Waals surface area (Å²) in [4.78, 5) is 20.7. The molecule has 0 spiro atoms. The molecular formula is C17H17N3OS2. The number of rotatable bonds is 4. The fraction of sp³-hybridized carbons (Fsp3) is 0.235. The Morgan fingerprint density at radius 3 is 2.78 bits per heavy atom. The molecule has 0 aliphatic carbocycles. The van der Waals surface area contributed by atoms with Crippen molar-refractivity contribution >= 4 is 45.0 Å². The lowest BCUT2D eigenvalue weighted by Gasteiger charge is -2.09. The van der Waals surface area contributed by atoms with Crippen LogP contribution in [0.2, 0.25) is 0 Å². The van der Waals surface area contributed by atoms with E-state index in [1.807, 2.05) is 11.4 Å².